The predicted octanol–water partition coefficient (Wildman–Crippen LogP) is 1.22. The summed E-state index contributed by atoms with van der Waals surface area (Å²) in [5, 5.41) is 8.67. The molecule has 1 amide bonds. The van der Waals surface area contributed by atoms with Crippen molar-refractivity contribution in [2.24, 2.45) is 0 Å². The fraction of sp³-hybridized carbons (Fsp3) is 0.462. The van der Waals surface area contributed by atoms with Gasteiger partial charge in [0.15, 0.2) is 11.6 Å². The van der Waals surface area contributed by atoms with Crippen LogP contribution < -0.4 is 4.74 Å². The van der Waals surface area contributed by atoms with Crippen molar-refractivity contribution in [3.63, 3.8) is 0 Å². The van der Waals surface area contributed by atoms with Gasteiger partial charge in [0.25, 0.3) is 0 Å². The van der Waals surface area contributed by atoms with Crippen molar-refractivity contribution >= 4 is 5.91 Å². The van der Waals surface area contributed by atoms with E-state index in [0.29, 0.717) is 19.6 Å². The van der Waals surface area contributed by atoms with Gasteiger partial charge in [0.2, 0.25) is 5.91 Å². The number of ether oxygens (including phenoxy) is 1. The monoisotopic (exact) mass is 255 g/mol. The quantitative estimate of drug-likeness (QED) is 0.831. The van der Waals surface area contributed by atoms with Gasteiger partial charge in [-0.25, -0.2) is 4.39 Å². The molecule has 0 saturated heterocycles. The molecule has 5 heteroatoms. The lowest BCUT2D eigenvalue weighted by Gasteiger charge is -2.15. The van der Waals surface area contributed by atoms with E-state index in [2.05, 4.69) is 0 Å². The topological polar surface area (TPSA) is 49.8 Å². The van der Waals surface area contributed by atoms with Crippen LogP contribution in [0.1, 0.15) is 12.5 Å². The Bertz CT molecular complexity index is 409. The molecule has 4 nitrogen and oxygen atoms in total. The summed E-state index contributed by atoms with van der Waals surface area (Å²) in [6.45, 7) is 2.15. The van der Waals surface area contributed by atoms with Gasteiger partial charge in [-0.1, -0.05) is 6.07 Å². The fourth-order valence-electron chi connectivity index (χ4n) is 1.51. The summed E-state index contributed by atoms with van der Waals surface area (Å²) >= 11 is 0. The average Bonchev–Trinajstić information content (AvgIpc) is 2.38. The van der Waals surface area contributed by atoms with E-state index in [9.17, 15) is 9.18 Å². The Hall–Kier alpha value is -1.62. The number of carbonyl (C=O) groups is 1. The zero-order valence-electron chi connectivity index (χ0n) is 10.6. The van der Waals surface area contributed by atoms with Gasteiger partial charge >= 0.3 is 0 Å². The molecule has 0 aliphatic carbocycles. The molecule has 0 unspecified atom stereocenters. The second kappa shape index (κ2) is 6.96. The summed E-state index contributed by atoms with van der Waals surface area (Å²) in [7, 11) is 1.60. The Kier molecular flexibility index (Phi) is 5.58. The lowest BCUT2D eigenvalue weighted by Crippen LogP contribution is -2.31. The lowest BCUT2D eigenvalue weighted by molar-refractivity contribution is -0.132. The van der Waals surface area contributed by atoms with E-state index in [1.165, 1.54) is 11.0 Å². The first-order valence-corrected chi connectivity index (χ1v) is 5.84. The number of hydrogen-bond acceptors (Lipinski definition) is 3. The Morgan fingerprint density at radius 3 is 2.78 bits per heavy atom. The minimum atomic E-state index is -0.506. The van der Waals surface area contributed by atoms with Crippen LogP contribution in [-0.4, -0.2) is 42.7 Å². The van der Waals surface area contributed by atoms with Crippen molar-refractivity contribution in [2.75, 3.05) is 26.8 Å². The van der Waals surface area contributed by atoms with E-state index in [1.54, 1.807) is 26.1 Å². The van der Waals surface area contributed by atoms with Crippen LogP contribution >= 0.6 is 0 Å². The van der Waals surface area contributed by atoms with Crippen LogP contribution in [0.2, 0.25) is 0 Å². The highest BCUT2D eigenvalue weighted by atomic mass is 19.1. The number of hydrogen-bond donors (Lipinski definition) is 1. The number of rotatable bonds is 6. The van der Waals surface area contributed by atoms with E-state index in [4.69, 9.17) is 9.84 Å². The Labute approximate surface area is 106 Å². The number of likely N-dealkylation sites (N-methyl/N-ethyl adjacent to an activating group) is 1. The molecule has 0 bridgehead atoms. The molecule has 1 rings (SSSR count). The molecule has 1 N–H and O–H groups in total. The van der Waals surface area contributed by atoms with Crippen LogP contribution in [0.25, 0.3) is 0 Å². The van der Waals surface area contributed by atoms with E-state index < -0.39 is 12.4 Å². The largest absolute Gasteiger partial charge is 0.491 e. The molecule has 0 aliphatic heterocycles. The Balaban J connectivity index is 2.58. The molecule has 1 aromatic rings. The van der Waals surface area contributed by atoms with E-state index in [-0.39, 0.29) is 11.7 Å². The second-order valence-corrected chi connectivity index (χ2v) is 3.92. The molecule has 0 fully saturated rings. The lowest BCUT2D eigenvalue weighted by atomic mass is 10.1. The Morgan fingerprint density at radius 1 is 1.50 bits per heavy atom. The fourth-order valence-corrected chi connectivity index (χ4v) is 1.51. The molecule has 0 spiro atoms. The van der Waals surface area contributed by atoms with Crippen molar-refractivity contribution in [1.82, 2.24) is 4.90 Å². The van der Waals surface area contributed by atoms with Crippen molar-refractivity contribution in [2.45, 2.75) is 13.3 Å². The maximum Gasteiger partial charge on any atom is 0.248 e. The standard InChI is InChI=1S/C13H18FNO3/c1-3-18-12-5-4-10(8-11(12)14)6-7-15(2)13(17)9-16/h4-5,8,16H,3,6-7,9H2,1-2H3. The number of aliphatic hydroxyl groups excluding tert-OH is 1. The molecule has 0 radical (unpaired) electrons. The van der Waals surface area contributed by atoms with Gasteiger partial charge in [-0.15, -0.1) is 0 Å². The molecule has 0 atom stereocenters. The molecule has 100 valence electrons. The minimum absolute atomic E-state index is 0.237. The first-order valence-electron chi connectivity index (χ1n) is 5.84. The first kappa shape index (κ1) is 14.4. The van der Waals surface area contributed by atoms with E-state index in [0.717, 1.165) is 5.56 Å². The van der Waals surface area contributed by atoms with Gasteiger partial charge in [0.1, 0.15) is 6.61 Å². The number of benzene rings is 1. The summed E-state index contributed by atoms with van der Waals surface area (Å²) in [5.41, 5.74) is 0.786. The SMILES string of the molecule is CCOc1ccc(CCN(C)C(=O)CO)cc1F. The number of nitrogens with zero attached hydrogens (tertiary/aromatic N) is 1. The molecule has 0 aliphatic rings. The third-order valence-electron chi connectivity index (χ3n) is 2.59. The molecular weight excluding hydrogens is 237 g/mol. The average molecular weight is 255 g/mol. The summed E-state index contributed by atoms with van der Waals surface area (Å²) in [6.07, 6.45) is 0.533. The van der Waals surface area contributed by atoms with Crippen molar-refractivity contribution in [3.8, 4) is 5.75 Å². The van der Waals surface area contributed by atoms with Gasteiger partial charge in [-0.3, -0.25) is 4.79 Å². The summed E-state index contributed by atoms with van der Waals surface area (Å²) in [5.74, 6) is -0.507. The number of aliphatic hydroxyl groups is 1. The molecule has 0 saturated carbocycles. The first-order chi connectivity index (χ1) is 8.58. The van der Waals surface area contributed by atoms with Crippen molar-refractivity contribution in [1.29, 1.82) is 0 Å². The van der Waals surface area contributed by atoms with Crippen LogP contribution in [-0.2, 0) is 11.2 Å². The smallest absolute Gasteiger partial charge is 0.248 e. The maximum atomic E-state index is 13.5. The third kappa shape index (κ3) is 4.00. The summed E-state index contributed by atoms with van der Waals surface area (Å²) in [4.78, 5) is 12.5. The van der Waals surface area contributed by atoms with Gasteiger partial charge < -0.3 is 14.7 Å². The predicted molar refractivity (Wildman–Crippen MR) is 66.0 cm³/mol. The molecule has 1 aromatic carbocycles. The van der Waals surface area contributed by atoms with Crippen LogP contribution in [0.3, 0.4) is 0 Å². The number of halogens is 1. The molecule has 0 heterocycles. The molecule has 0 aromatic heterocycles. The van der Waals surface area contributed by atoms with Gasteiger partial charge in [0.05, 0.1) is 6.61 Å². The highest BCUT2D eigenvalue weighted by molar-refractivity contribution is 5.76. The third-order valence-corrected chi connectivity index (χ3v) is 2.59. The minimum Gasteiger partial charge on any atom is -0.491 e. The normalized spacial score (nSPS) is 10.2. The summed E-state index contributed by atoms with van der Waals surface area (Å²) < 4.78 is 18.6. The highest BCUT2D eigenvalue weighted by Gasteiger charge is 2.08. The summed E-state index contributed by atoms with van der Waals surface area (Å²) in [6, 6.07) is 4.76. The van der Waals surface area contributed by atoms with Crippen molar-refractivity contribution in [3.05, 3.63) is 29.6 Å². The van der Waals surface area contributed by atoms with Gasteiger partial charge in [-0.05, 0) is 31.0 Å². The molecular formula is C13H18FNO3. The van der Waals surface area contributed by atoms with E-state index in [1.807, 2.05) is 0 Å². The van der Waals surface area contributed by atoms with Crippen LogP contribution in [0.5, 0.6) is 5.75 Å². The van der Waals surface area contributed by atoms with Gasteiger partial charge in [-0.2, -0.15) is 0 Å². The van der Waals surface area contributed by atoms with Crippen molar-refractivity contribution < 1.29 is 19.0 Å². The van der Waals surface area contributed by atoms with Crippen LogP contribution in [0, 0.1) is 5.82 Å². The number of amides is 1. The molecule has 18 heavy (non-hydrogen) atoms. The van der Waals surface area contributed by atoms with Crippen LogP contribution in [0.15, 0.2) is 18.2 Å². The maximum absolute atomic E-state index is 13.5. The zero-order chi connectivity index (χ0) is 13.5. The van der Waals surface area contributed by atoms with Gasteiger partial charge in [0, 0.05) is 13.6 Å². The zero-order valence-corrected chi connectivity index (χ0v) is 10.6. The van der Waals surface area contributed by atoms with E-state index >= 15 is 0 Å². The number of carbonyl (C=O) groups excluding carboxylic acids is 1. The Morgan fingerprint density at radius 2 is 2.22 bits per heavy atom. The van der Waals surface area contributed by atoms with Crippen LogP contribution in [0.4, 0.5) is 4.39 Å². The highest BCUT2D eigenvalue weighted by Crippen LogP contribution is 2.18. The second-order valence-electron chi connectivity index (χ2n) is 3.92.